The maximum atomic E-state index is 12.4. The van der Waals surface area contributed by atoms with Crippen LogP contribution >= 0.6 is 54.8 Å². The van der Waals surface area contributed by atoms with Gasteiger partial charge in [-0.25, -0.2) is 0 Å². The highest BCUT2D eigenvalue weighted by molar-refractivity contribution is 9.13. The third kappa shape index (κ3) is 2.72. The lowest BCUT2D eigenvalue weighted by atomic mass is 10.0. The van der Waals surface area contributed by atoms with Gasteiger partial charge in [0.15, 0.2) is 0 Å². The van der Waals surface area contributed by atoms with Crippen molar-refractivity contribution in [1.82, 2.24) is 0 Å². The first-order valence-corrected chi connectivity index (χ1v) is 7.94. The summed E-state index contributed by atoms with van der Waals surface area (Å²) < 4.78 is 1.79. The van der Waals surface area contributed by atoms with Crippen molar-refractivity contribution in [2.75, 3.05) is 0 Å². The fourth-order valence-corrected chi connectivity index (χ4v) is 3.84. The smallest absolute Gasteiger partial charge is 0.204 e. The lowest BCUT2D eigenvalue weighted by molar-refractivity contribution is 0.104. The lowest BCUT2D eigenvalue weighted by Crippen LogP contribution is -2.01. The molecule has 0 amide bonds. The van der Waals surface area contributed by atoms with Gasteiger partial charge in [-0.05, 0) is 75.0 Å². The summed E-state index contributed by atoms with van der Waals surface area (Å²) in [4.78, 5) is 13.0. The van der Waals surface area contributed by atoms with Gasteiger partial charge in [0.25, 0.3) is 0 Å². The Morgan fingerprint density at radius 2 is 1.78 bits per heavy atom. The standard InChI is InChI=1S/C13H9Br2ClOS/c1-6-3-8(10(16)4-7(6)2)12(17)11-5-9(14)13(15)18-11/h3-5H,1-2H3. The van der Waals surface area contributed by atoms with Crippen molar-refractivity contribution < 1.29 is 4.79 Å². The second-order valence-corrected chi connectivity index (χ2v) is 7.61. The van der Waals surface area contributed by atoms with Crippen LogP contribution in [0.2, 0.25) is 5.02 Å². The molecule has 1 aromatic carbocycles. The minimum absolute atomic E-state index is 0.0421. The predicted octanol–water partition coefficient (Wildman–Crippen LogP) is 5.77. The number of benzene rings is 1. The van der Waals surface area contributed by atoms with Crippen LogP contribution in [0.5, 0.6) is 0 Å². The summed E-state index contributed by atoms with van der Waals surface area (Å²) in [6.45, 7) is 3.95. The Morgan fingerprint density at radius 1 is 1.17 bits per heavy atom. The number of rotatable bonds is 2. The Kier molecular flexibility index (Phi) is 4.32. The van der Waals surface area contributed by atoms with E-state index in [1.165, 1.54) is 11.3 Å². The van der Waals surface area contributed by atoms with Crippen LogP contribution in [-0.2, 0) is 0 Å². The first-order valence-electron chi connectivity index (χ1n) is 5.16. The van der Waals surface area contributed by atoms with Gasteiger partial charge in [0.05, 0.1) is 13.7 Å². The molecule has 1 nitrogen and oxygen atoms in total. The molecule has 0 aliphatic carbocycles. The minimum Gasteiger partial charge on any atom is -0.288 e. The molecule has 0 atom stereocenters. The highest BCUT2D eigenvalue weighted by atomic mass is 79.9. The maximum absolute atomic E-state index is 12.4. The van der Waals surface area contributed by atoms with Gasteiger partial charge < -0.3 is 0 Å². The third-order valence-corrected chi connectivity index (χ3v) is 6.26. The van der Waals surface area contributed by atoms with Crippen molar-refractivity contribution in [2.45, 2.75) is 13.8 Å². The molecule has 0 bridgehead atoms. The molecule has 2 aromatic rings. The molecule has 0 radical (unpaired) electrons. The highest BCUT2D eigenvalue weighted by Crippen LogP contribution is 2.34. The van der Waals surface area contributed by atoms with Gasteiger partial charge in [0.2, 0.25) is 5.78 Å². The van der Waals surface area contributed by atoms with Crippen molar-refractivity contribution in [3.05, 3.63) is 53.0 Å². The average Bonchev–Trinajstić information content (AvgIpc) is 2.63. The molecule has 1 heterocycles. The van der Waals surface area contributed by atoms with E-state index in [1.54, 1.807) is 0 Å². The summed E-state index contributed by atoms with van der Waals surface area (Å²) in [5.74, 6) is -0.0421. The van der Waals surface area contributed by atoms with Gasteiger partial charge in [-0.1, -0.05) is 11.6 Å². The van der Waals surface area contributed by atoms with Crippen LogP contribution in [0.1, 0.15) is 26.4 Å². The Balaban J connectivity index is 2.49. The normalized spacial score (nSPS) is 10.7. The number of thiophene rings is 1. The Morgan fingerprint density at radius 3 is 2.33 bits per heavy atom. The fraction of sp³-hybridized carbons (Fsp3) is 0.154. The Bertz CT molecular complexity index is 615. The quantitative estimate of drug-likeness (QED) is 0.576. The van der Waals surface area contributed by atoms with Gasteiger partial charge in [0.1, 0.15) is 0 Å². The third-order valence-electron chi connectivity index (χ3n) is 2.70. The molecule has 5 heteroatoms. The highest BCUT2D eigenvalue weighted by Gasteiger charge is 2.17. The van der Waals surface area contributed by atoms with E-state index in [0.29, 0.717) is 15.5 Å². The summed E-state index contributed by atoms with van der Waals surface area (Å²) >= 11 is 14.3. The first-order chi connectivity index (χ1) is 8.40. The van der Waals surface area contributed by atoms with Crippen molar-refractivity contribution in [3.8, 4) is 0 Å². The van der Waals surface area contributed by atoms with Crippen LogP contribution < -0.4 is 0 Å². The number of halogens is 3. The van der Waals surface area contributed by atoms with Gasteiger partial charge in [-0.2, -0.15) is 0 Å². The summed E-state index contributed by atoms with van der Waals surface area (Å²) in [5, 5.41) is 0.503. The van der Waals surface area contributed by atoms with Crippen molar-refractivity contribution >= 4 is 60.6 Å². The van der Waals surface area contributed by atoms with Gasteiger partial charge >= 0.3 is 0 Å². The Hall–Kier alpha value is -0.160. The SMILES string of the molecule is Cc1cc(Cl)c(C(=O)c2cc(Br)c(Br)s2)cc1C. The number of ketones is 1. The zero-order chi connectivity index (χ0) is 13.4. The summed E-state index contributed by atoms with van der Waals surface area (Å²) in [7, 11) is 0. The van der Waals surface area contributed by atoms with Crippen LogP contribution in [0.4, 0.5) is 0 Å². The number of carbonyl (C=O) groups excluding carboxylic acids is 1. The maximum Gasteiger partial charge on any atom is 0.204 e. The second kappa shape index (κ2) is 5.45. The van der Waals surface area contributed by atoms with Crippen LogP contribution in [0.3, 0.4) is 0 Å². The predicted molar refractivity (Wildman–Crippen MR) is 84.1 cm³/mol. The van der Waals surface area contributed by atoms with Gasteiger partial charge in [0, 0.05) is 10.0 Å². The van der Waals surface area contributed by atoms with Crippen molar-refractivity contribution in [1.29, 1.82) is 0 Å². The lowest BCUT2D eigenvalue weighted by Gasteiger charge is -2.06. The van der Waals surface area contributed by atoms with Crippen LogP contribution in [0.25, 0.3) is 0 Å². The zero-order valence-corrected chi connectivity index (χ0v) is 14.4. The molecule has 18 heavy (non-hydrogen) atoms. The molecular weight excluding hydrogens is 399 g/mol. The summed E-state index contributed by atoms with van der Waals surface area (Å²) in [6.07, 6.45) is 0. The molecule has 2 rings (SSSR count). The van der Waals surface area contributed by atoms with Gasteiger partial charge in [-0.15, -0.1) is 11.3 Å². The van der Waals surface area contributed by atoms with E-state index in [2.05, 4.69) is 31.9 Å². The Labute approximate surface area is 131 Å². The van der Waals surface area contributed by atoms with E-state index < -0.39 is 0 Å². The second-order valence-electron chi connectivity index (χ2n) is 3.98. The number of carbonyl (C=O) groups is 1. The topological polar surface area (TPSA) is 17.1 Å². The molecule has 0 fully saturated rings. The molecule has 0 saturated heterocycles. The molecule has 0 unspecified atom stereocenters. The van der Waals surface area contributed by atoms with Gasteiger partial charge in [-0.3, -0.25) is 4.79 Å². The fourth-order valence-electron chi connectivity index (χ4n) is 1.55. The van der Waals surface area contributed by atoms with E-state index in [4.69, 9.17) is 11.6 Å². The molecule has 0 aliphatic heterocycles. The van der Waals surface area contributed by atoms with Crippen LogP contribution in [0.15, 0.2) is 26.5 Å². The molecule has 1 aromatic heterocycles. The first kappa shape index (κ1) is 14.3. The van der Waals surface area contributed by atoms with Crippen LogP contribution in [-0.4, -0.2) is 5.78 Å². The van der Waals surface area contributed by atoms with Crippen LogP contribution in [0, 0.1) is 13.8 Å². The largest absolute Gasteiger partial charge is 0.288 e. The van der Waals surface area contributed by atoms with E-state index >= 15 is 0 Å². The zero-order valence-electron chi connectivity index (χ0n) is 9.68. The number of hydrogen-bond donors (Lipinski definition) is 0. The molecule has 0 N–H and O–H groups in total. The number of aryl methyl sites for hydroxylation is 2. The minimum atomic E-state index is -0.0421. The van der Waals surface area contributed by atoms with E-state index in [-0.39, 0.29) is 5.78 Å². The van der Waals surface area contributed by atoms with E-state index in [9.17, 15) is 4.79 Å². The molecule has 0 saturated carbocycles. The van der Waals surface area contributed by atoms with Crippen molar-refractivity contribution in [2.24, 2.45) is 0 Å². The molecule has 0 spiro atoms. The monoisotopic (exact) mass is 406 g/mol. The molecule has 0 aliphatic rings. The van der Waals surface area contributed by atoms with E-state index in [1.807, 2.05) is 32.0 Å². The number of hydrogen-bond acceptors (Lipinski definition) is 2. The molecular formula is C13H9Br2ClOS. The molecule has 94 valence electrons. The summed E-state index contributed by atoms with van der Waals surface area (Å²) in [6, 6.07) is 5.49. The average molecular weight is 409 g/mol. The van der Waals surface area contributed by atoms with E-state index in [0.717, 1.165) is 19.4 Å². The van der Waals surface area contributed by atoms with Crippen molar-refractivity contribution in [3.63, 3.8) is 0 Å². The summed E-state index contributed by atoms with van der Waals surface area (Å²) in [5.41, 5.74) is 2.71.